The van der Waals surface area contributed by atoms with E-state index in [9.17, 15) is 22.8 Å². The summed E-state index contributed by atoms with van der Waals surface area (Å²) in [5.41, 5.74) is 6.87. The molecule has 0 spiro atoms. The number of carbonyl (C=O) groups excluding carboxylic acids is 2. The summed E-state index contributed by atoms with van der Waals surface area (Å²) < 4.78 is 36.2. The van der Waals surface area contributed by atoms with E-state index in [2.05, 4.69) is 10.6 Å². The van der Waals surface area contributed by atoms with E-state index in [1.54, 1.807) is 0 Å². The first-order valence-corrected chi connectivity index (χ1v) is 7.34. The lowest BCUT2D eigenvalue weighted by Gasteiger charge is -2.29. The second-order valence-electron chi connectivity index (χ2n) is 6.12. The van der Waals surface area contributed by atoms with Crippen LogP contribution >= 0.6 is 0 Å². The van der Waals surface area contributed by atoms with Crippen LogP contribution in [0.2, 0.25) is 0 Å². The van der Waals surface area contributed by atoms with E-state index in [1.165, 1.54) is 43.6 Å². The number of amides is 2. The smallest absolute Gasteiger partial charge is 0.338 e. The highest BCUT2D eigenvalue weighted by Gasteiger charge is 2.33. The lowest BCUT2D eigenvalue weighted by Crippen LogP contribution is -2.61. The van der Waals surface area contributed by atoms with Crippen LogP contribution in [0.4, 0.5) is 13.2 Å². The van der Waals surface area contributed by atoms with Crippen molar-refractivity contribution in [2.24, 2.45) is 5.73 Å². The Labute approximate surface area is 142 Å². The first-order valence-electron chi connectivity index (χ1n) is 7.34. The number of carbonyl (C=O) groups is 2. The number of hydroxylamine groups is 1. The highest BCUT2D eigenvalue weighted by atomic mass is 19.4. The van der Waals surface area contributed by atoms with Crippen molar-refractivity contribution >= 4 is 11.8 Å². The second kappa shape index (κ2) is 8.28. The van der Waals surface area contributed by atoms with Gasteiger partial charge < -0.3 is 16.4 Å². The maximum absolute atomic E-state index is 12.2. The molecule has 1 atom stereocenters. The summed E-state index contributed by atoms with van der Waals surface area (Å²) >= 11 is 0. The summed E-state index contributed by atoms with van der Waals surface area (Å²) in [7, 11) is 0. The van der Waals surface area contributed by atoms with Crippen LogP contribution in [0.25, 0.3) is 0 Å². The average molecular weight is 362 g/mol. The van der Waals surface area contributed by atoms with Gasteiger partial charge in [-0.1, -0.05) is 12.1 Å². The molecule has 2 amide bonds. The van der Waals surface area contributed by atoms with Crippen molar-refractivity contribution in [2.45, 2.75) is 38.1 Å². The summed E-state index contributed by atoms with van der Waals surface area (Å²) in [6.45, 7) is 1.89. The third-order valence-corrected chi connectivity index (χ3v) is 3.26. The van der Waals surface area contributed by atoms with E-state index in [0.29, 0.717) is 5.56 Å². The van der Waals surface area contributed by atoms with Crippen molar-refractivity contribution in [3.8, 4) is 0 Å². The predicted molar refractivity (Wildman–Crippen MR) is 83.7 cm³/mol. The Morgan fingerprint density at radius 3 is 2.20 bits per heavy atom. The Bertz CT molecular complexity index is 598. The van der Waals surface area contributed by atoms with Crippen molar-refractivity contribution in [1.82, 2.24) is 16.1 Å². The zero-order valence-corrected chi connectivity index (χ0v) is 13.8. The minimum absolute atomic E-state index is 0.00716. The molecule has 1 rings (SSSR count). The second-order valence-corrected chi connectivity index (χ2v) is 6.12. The quantitative estimate of drug-likeness (QED) is 0.361. The molecular formula is C15H21F3N4O3. The molecule has 25 heavy (non-hydrogen) atoms. The standard InChI is InChI=1S/C15H21F3N4O3/c1-14(2,19)11(13(24)22-25)21-12(23)10-5-3-9(4-6-10)7-20-8-15(16,17)18/h3-6,11,20,25H,7-8,19H2,1-2H3,(H,21,23)(H,22,24)/t11-/m1/s1. The lowest BCUT2D eigenvalue weighted by molar-refractivity contribution is -0.132. The van der Waals surface area contributed by atoms with Crippen molar-refractivity contribution in [2.75, 3.05) is 6.54 Å². The van der Waals surface area contributed by atoms with Gasteiger partial charge in [0.15, 0.2) is 0 Å². The molecule has 10 heteroatoms. The van der Waals surface area contributed by atoms with E-state index in [-0.39, 0.29) is 12.1 Å². The minimum Gasteiger partial charge on any atom is -0.338 e. The number of nitrogens with one attached hydrogen (secondary N) is 3. The molecular weight excluding hydrogens is 341 g/mol. The Morgan fingerprint density at radius 2 is 1.76 bits per heavy atom. The lowest BCUT2D eigenvalue weighted by atomic mass is 9.95. The van der Waals surface area contributed by atoms with E-state index in [1.807, 2.05) is 0 Å². The zero-order valence-electron chi connectivity index (χ0n) is 13.8. The maximum atomic E-state index is 12.2. The van der Waals surface area contributed by atoms with Gasteiger partial charge in [-0.3, -0.25) is 14.8 Å². The number of rotatable bonds is 7. The molecule has 0 unspecified atom stereocenters. The highest BCUT2D eigenvalue weighted by Crippen LogP contribution is 2.13. The molecule has 6 N–H and O–H groups in total. The third-order valence-electron chi connectivity index (χ3n) is 3.26. The van der Waals surface area contributed by atoms with Crippen molar-refractivity contribution < 1.29 is 28.0 Å². The topological polar surface area (TPSA) is 116 Å². The Morgan fingerprint density at radius 1 is 1.20 bits per heavy atom. The van der Waals surface area contributed by atoms with Crippen LogP contribution in [0.15, 0.2) is 24.3 Å². The van der Waals surface area contributed by atoms with Crippen LogP contribution in [-0.2, 0) is 11.3 Å². The van der Waals surface area contributed by atoms with Crippen molar-refractivity contribution in [1.29, 1.82) is 0 Å². The molecule has 0 saturated carbocycles. The van der Waals surface area contributed by atoms with Crippen LogP contribution < -0.4 is 21.8 Å². The van der Waals surface area contributed by atoms with Gasteiger partial charge in [0.2, 0.25) is 0 Å². The molecule has 0 fully saturated rings. The fraction of sp³-hybridized carbons (Fsp3) is 0.467. The first-order chi connectivity index (χ1) is 11.4. The van der Waals surface area contributed by atoms with Gasteiger partial charge in [-0.05, 0) is 31.5 Å². The summed E-state index contributed by atoms with van der Waals surface area (Å²) in [6, 6.07) is 4.63. The largest absolute Gasteiger partial charge is 0.401 e. The van der Waals surface area contributed by atoms with Gasteiger partial charge in [-0.2, -0.15) is 13.2 Å². The molecule has 1 aromatic rings. The number of halogens is 3. The molecule has 0 bridgehead atoms. The predicted octanol–water partition coefficient (Wildman–Crippen LogP) is 0.680. The van der Waals surface area contributed by atoms with Crippen LogP contribution in [0.5, 0.6) is 0 Å². The number of hydrogen-bond donors (Lipinski definition) is 5. The molecule has 1 aromatic carbocycles. The Balaban J connectivity index is 2.71. The molecule has 140 valence electrons. The molecule has 0 aliphatic rings. The summed E-state index contributed by atoms with van der Waals surface area (Å²) in [6.07, 6.45) is -4.29. The molecule has 0 heterocycles. The molecule has 0 saturated heterocycles. The van der Waals surface area contributed by atoms with Crippen LogP contribution in [0, 0.1) is 0 Å². The third kappa shape index (κ3) is 7.08. The van der Waals surface area contributed by atoms with E-state index < -0.39 is 36.1 Å². The van der Waals surface area contributed by atoms with Gasteiger partial charge in [-0.15, -0.1) is 0 Å². The number of alkyl halides is 3. The van der Waals surface area contributed by atoms with Gasteiger partial charge in [0.1, 0.15) is 6.04 Å². The monoisotopic (exact) mass is 362 g/mol. The number of benzene rings is 1. The molecule has 0 aliphatic heterocycles. The Kier molecular flexibility index (Phi) is 6.91. The van der Waals surface area contributed by atoms with E-state index in [0.717, 1.165) is 0 Å². The normalized spacial score (nSPS) is 13.2. The SMILES string of the molecule is CC(C)(N)[C@H](NC(=O)c1ccc(CNCC(F)(F)F)cc1)C(=O)NO. The van der Waals surface area contributed by atoms with Crippen molar-refractivity contribution in [3.63, 3.8) is 0 Å². The Hall–Kier alpha value is -2.17. The summed E-state index contributed by atoms with van der Waals surface area (Å²) in [4.78, 5) is 23.8. The first kappa shape index (κ1) is 20.9. The van der Waals surface area contributed by atoms with Gasteiger partial charge in [0.25, 0.3) is 11.8 Å². The minimum atomic E-state index is -4.29. The van der Waals surface area contributed by atoms with E-state index >= 15 is 0 Å². The number of nitrogens with two attached hydrogens (primary N) is 1. The van der Waals surface area contributed by atoms with E-state index in [4.69, 9.17) is 10.9 Å². The fourth-order valence-electron chi connectivity index (χ4n) is 1.99. The highest BCUT2D eigenvalue weighted by molar-refractivity contribution is 5.97. The summed E-state index contributed by atoms with van der Waals surface area (Å²) in [5.74, 6) is -1.48. The average Bonchev–Trinajstić information content (AvgIpc) is 2.50. The van der Waals surface area contributed by atoms with Crippen LogP contribution in [0.1, 0.15) is 29.8 Å². The molecule has 0 aliphatic carbocycles. The summed E-state index contributed by atoms with van der Waals surface area (Å²) in [5, 5.41) is 13.4. The van der Waals surface area contributed by atoms with Gasteiger partial charge >= 0.3 is 6.18 Å². The molecule has 0 radical (unpaired) electrons. The van der Waals surface area contributed by atoms with Gasteiger partial charge in [0.05, 0.1) is 6.54 Å². The fourth-order valence-corrected chi connectivity index (χ4v) is 1.99. The maximum Gasteiger partial charge on any atom is 0.401 e. The zero-order chi connectivity index (χ0) is 19.3. The van der Waals surface area contributed by atoms with Gasteiger partial charge in [-0.25, -0.2) is 5.48 Å². The van der Waals surface area contributed by atoms with Crippen LogP contribution in [0.3, 0.4) is 0 Å². The molecule has 7 nitrogen and oxygen atoms in total. The van der Waals surface area contributed by atoms with Gasteiger partial charge in [0, 0.05) is 17.6 Å². The van der Waals surface area contributed by atoms with Crippen molar-refractivity contribution in [3.05, 3.63) is 35.4 Å². The molecule has 0 aromatic heterocycles. The van der Waals surface area contributed by atoms with Crippen LogP contribution in [-0.4, -0.2) is 41.3 Å². The number of hydrogen-bond acceptors (Lipinski definition) is 5.